The number of nitrogens with one attached hydrogen (secondary N) is 1. The predicted octanol–water partition coefficient (Wildman–Crippen LogP) is 4.84. The number of hydrogen-bond donors (Lipinski definition) is 1. The lowest BCUT2D eigenvalue weighted by Gasteiger charge is -2.21. The first-order valence-corrected chi connectivity index (χ1v) is 7.78. The van der Waals surface area contributed by atoms with E-state index < -0.39 is 0 Å². The van der Waals surface area contributed by atoms with Gasteiger partial charge in [-0.15, -0.1) is 0 Å². The van der Waals surface area contributed by atoms with Crippen LogP contribution in [0.1, 0.15) is 44.7 Å². The van der Waals surface area contributed by atoms with Gasteiger partial charge in [0.25, 0.3) is 0 Å². The quantitative estimate of drug-likeness (QED) is 0.778. The highest BCUT2D eigenvalue weighted by Gasteiger charge is 2.33. The molecule has 2 rings (SSSR count). The van der Waals surface area contributed by atoms with E-state index in [1.807, 2.05) is 19.1 Å². The molecule has 1 N–H and O–H groups in total. The minimum absolute atomic E-state index is 0.320. The number of halogens is 2. The fourth-order valence-corrected chi connectivity index (χ4v) is 2.81. The van der Waals surface area contributed by atoms with Crippen LogP contribution in [0.5, 0.6) is 5.75 Å². The van der Waals surface area contributed by atoms with Crippen LogP contribution in [0.2, 0.25) is 10.0 Å². The van der Waals surface area contributed by atoms with Crippen molar-refractivity contribution in [2.45, 2.75) is 39.2 Å². The van der Waals surface area contributed by atoms with Crippen LogP contribution in [-0.4, -0.2) is 13.2 Å². The first-order valence-electron chi connectivity index (χ1n) is 7.02. The van der Waals surface area contributed by atoms with Gasteiger partial charge in [0.05, 0.1) is 11.6 Å². The molecular formula is C15H21Cl2NO. The summed E-state index contributed by atoms with van der Waals surface area (Å²) < 4.78 is 5.47. The third-order valence-corrected chi connectivity index (χ3v) is 4.02. The summed E-state index contributed by atoms with van der Waals surface area (Å²) >= 11 is 12.7. The molecule has 1 aromatic rings. The van der Waals surface area contributed by atoms with Crippen molar-refractivity contribution in [1.29, 1.82) is 0 Å². The molecule has 2 nitrogen and oxygen atoms in total. The Morgan fingerprint density at radius 2 is 2.00 bits per heavy atom. The zero-order chi connectivity index (χ0) is 13.8. The van der Waals surface area contributed by atoms with Gasteiger partial charge in [0.2, 0.25) is 0 Å². The molecule has 19 heavy (non-hydrogen) atoms. The Kier molecular flexibility index (Phi) is 5.37. The third kappa shape index (κ3) is 3.77. The maximum atomic E-state index is 6.40. The second kappa shape index (κ2) is 6.83. The Hall–Kier alpha value is -0.440. The summed E-state index contributed by atoms with van der Waals surface area (Å²) in [6, 6.07) is 4.12. The molecule has 1 aliphatic carbocycles. The highest BCUT2D eigenvalue weighted by molar-refractivity contribution is 6.34. The van der Waals surface area contributed by atoms with Gasteiger partial charge in [-0.2, -0.15) is 0 Å². The molecular weight excluding hydrogens is 281 g/mol. The average Bonchev–Trinajstić information content (AvgIpc) is 3.20. The Morgan fingerprint density at radius 3 is 2.58 bits per heavy atom. The number of benzene rings is 1. The minimum Gasteiger partial charge on any atom is -0.492 e. The lowest BCUT2D eigenvalue weighted by Crippen LogP contribution is -2.24. The Balaban J connectivity index is 2.23. The van der Waals surface area contributed by atoms with Gasteiger partial charge in [-0.25, -0.2) is 0 Å². The second-order valence-electron chi connectivity index (χ2n) is 5.01. The smallest absolute Gasteiger partial charge is 0.139 e. The van der Waals surface area contributed by atoms with Crippen LogP contribution in [0.4, 0.5) is 0 Å². The van der Waals surface area contributed by atoms with E-state index in [-0.39, 0.29) is 0 Å². The summed E-state index contributed by atoms with van der Waals surface area (Å²) in [5.74, 6) is 1.36. The normalized spacial score (nSPS) is 16.4. The predicted molar refractivity (Wildman–Crippen MR) is 81.4 cm³/mol. The fourth-order valence-electron chi connectivity index (χ4n) is 2.31. The van der Waals surface area contributed by atoms with Crippen molar-refractivity contribution in [2.24, 2.45) is 5.92 Å². The van der Waals surface area contributed by atoms with Crippen LogP contribution < -0.4 is 10.1 Å². The van der Waals surface area contributed by atoms with Crippen LogP contribution >= 0.6 is 23.2 Å². The summed E-state index contributed by atoms with van der Waals surface area (Å²) in [4.78, 5) is 0. The molecule has 0 spiro atoms. The first-order chi connectivity index (χ1) is 9.17. The van der Waals surface area contributed by atoms with Crippen LogP contribution in [0.15, 0.2) is 12.1 Å². The molecule has 1 aromatic carbocycles. The van der Waals surface area contributed by atoms with Crippen molar-refractivity contribution in [3.8, 4) is 5.75 Å². The van der Waals surface area contributed by atoms with Gasteiger partial charge in [-0.05, 0) is 50.3 Å². The molecule has 0 aromatic heterocycles. The van der Waals surface area contributed by atoms with E-state index in [1.165, 1.54) is 12.8 Å². The molecule has 0 heterocycles. The Bertz CT molecular complexity index is 432. The third-order valence-electron chi connectivity index (χ3n) is 3.39. The molecule has 106 valence electrons. The van der Waals surface area contributed by atoms with Gasteiger partial charge < -0.3 is 10.1 Å². The minimum atomic E-state index is 0.320. The zero-order valence-corrected chi connectivity index (χ0v) is 13.0. The summed E-state index contributed by atoms with van der Waals surface area (Å²) in [5, 5.41) is 4.97. The van der Waals surface area contributed by atoms with Crippen molar-refractivity contribution < 1.29 is 4.74 Å². The first kappa shape index (κ1) is 15.0. The van der Waals surface area contributed by atoms with Crippen molar-refractivity contribution in [3.63, 3.8) is 0 Å². The van der Waals surface area contributed by atoms with Gasteiger partial charge in [0, 0.05) is 17.1 Å². The summed E-state index contributed by atoms with van der Waals surface area (Å²) in [6.07, 6.45) is 3.65. The molecule has 0 bridgehead atoms. The van der Waals surface area contributed by atoms with Gasteiger partial charge in [0.15, 0.2) is 0 Å². The van der Waals surface area contributed by atoms with E-state index in [4.69, 9.17) is 27.9 Å². The largest absolute Gasteiger partial charge is 0.492 e. The van der Waals surface area contributed by atoms with Gasteiger partial charge in [0.1, 0.15) is 5.75 Å². The molecule has 0 amide bonds. The number of ether oxygens (including phenoxy) is 1. The van der Waals surface area contributed by atoms with Crippen LogP contribution in [-0.2, 0) is 0 Å². The fraction of sp³-hybridized carbons (Fsp3) is 0.600. The van der Waals surface area contributed by atoms with Crippen molar-refractivity contribution in [1.82, 2.24) is 5.32 Å². The standard InChI is InChI=1S/C15H21Cl2NO/c1-3-7-18-15(10-5-6-10)11-8-13(17)14(19-4-2)9-12(11)16/h8-10,15,18H,3-7H2,1-2H3. The molecule has 0 aliphatic heterocycles. The lowest BCUT2D eigenvalue weighted by atomic mass is 10.0. The molecule has 1 saturated carbocycles. The SMILES string of the molecule is CCCNC(c1cc(Cl)c(OCC)cc1Cl)C1CC1. The zero-order valence-electron chi connectivity index (χ0n) is 11.5. The molecule has 0 radical (unpaired) electrons. The maximum absolute atomic E-state index is 6.40. The van der Waals surface area contributed by atoms with E-state index >= 15 is 0 Å². The number of rotatable bonds is 7. The van der Waals surface area contributed by atoms with E-state index in [2.05, 4.69) is 12.2 Å². The van der Waals surface area contributed by atoms with Crippen molar-refractivity contribution in [3.05, 3.63) is 27.7 Å². The van der Waals surface area contributed by atoms with Crippen LogP contribution in [0.25, 0.3) is 0 Å². The number of hydrogen-bond acceptors (Lipinski definition) is 2. The van der Waals surface area contributed by atoms with Crippen molar-refractivity contribution >= 4 is 23.2 Å². The topological polar surface area (TPSA) is 21.3 Å². The van der Waals surface area contributed by atoms with Gasteiger partial charge in [-0.3, -0.25) is 0 Å². The van der Waals surface area contributed by atoms with Gasteiger partial charge >= 0.3 is 0 Å². The maximum Gasteiger partial charge on any atom is 0.139 e. The summed E-state index contributed by atoms with van der Waals surface area (Å²) in [6.45, 7) is 5.70. The second-order valence-corrected chi connectivity index (χ2v) is 5.82. The molecule has 1 atom stereocenters. The molecule has 1 unspecified atom stereocenters. The Morgan fingerprint density at radius 1 is 1.26 bits per heavy atom. The van der Waals surface area contributed by atoms with Crippen LogP contribution in [0.3, 0.4) is 0 Å². The monoisotopic (exact) mass is 301 g/mol. The molecule has 1 fully saturated rings. The average molecular weight is 302 g/mol. The molecule has 4 heteroatoms. The highest BCUT2D eigenvalue weighted by atomic mass is 35.5. The van der Waals surface area contributed by atoms with E-state index in [0.717, 1.165) is 23.6 Å². The highest BCUT2D eigenvalue weighted by Crippen LogP contribution is 2.44. The molecule has 1 aliphatic rings. The van der Waals surface area contributed by atoms with Crippen LogP contribution in [0, 0.1) is 5.92 Å². The van der Waals surface area contributed by atoms with Gasteiger partial charge in [-0.1, -0.05) is 30.1 Å². The van der Waals surface area contributed by atoms with E-state index in [0.29, 0.717) is 29.3 Å². The Labute approximate surface area is 125 Å². The summed E-state index contributed by atoms with van der Waals surface area (Å²) in [5.41, 5.74) is 1.10. The summed E-state index contributed by atoms with van der Waals surface area (Å²) in [7, 11) is 0. The molecule has 0 saturated heterocycles. The van der Waals surface area contributed by atoms with Crippen molar-refractivity contribution in [2.75, 3.05) is 13.2 Å². The lowest BCUT2D eigenvalue weighted by molar-refractivity contribution is 0.340. The van der Waals surface area contributed by atoms with E-state index in [9.17, 15) is 0 Å². The van der Waals surface area contributed by atoms with E-state index in [1.54, 1.807) is 0 Å².